The van der Waals surface area contributed by atoms with E-state index in [4.69, 9.17) is 4.52 Å². The van der Waals surface area contributed by atoms with Crippen molar-refractivity contribution in [3.05, 3.63) is 60.0 Å². The number of benzene rings is 1. The third-order valence-electron chi connectivity index (χ3n) is 2.84. The molecular formula is C15H15N5O. The monoisotopic (exact) mass is 281 g/mol. The van der Waals surface area contributed by atoms with Gasteiger partial charge in [0.15, 0.2) is 5.82 Å². The molecule has 2 N–H and O–H groups in total. The fourth-order valence-corrected chi connectivity index (χ4v) is 1.85. The van der Waals surface area contributed by atoms with E-state index in [1.807, 2.05) is 31.2 Å². The molecule has 0 atom stereocenters. The highest BCUT2D eigenvalue weighted by atomic mass is 16.5. The van der Waals surface area contributed by atoms with Crippen LogP contribution >= 0.6 is 0 Å². The van der Waals surface area contributed by atoms with E-state index in [0.717, 1.165) is 11.6 Å². The van der Waals surface area contributed by atoms with Gasteiger partial charge in [-0.05, 0) is 18.6 Å². The minimum Gasteiger partial charge on any atom is -0.366 e. The lowest BCUT2D eigenvalue weighted by atomic mass is 10.2. The fourth-order valence-electron chi connectivity index (χ4n) is 1.85. The second kappa shape index (κ2) is 6.04. The fraction of sp³-hybridized carbons (Fsp3) is 0.133. The summed E-state index contributed by atoms with van der Waals surface area (Å²) >= 11 is 0. The van der Waals surface area contributed by atoms with Gasteiger partial charge in [0.2, 0.25) is 5.95 Å². The molecule has 3 rings (SSSR count). The second-order valence-electron chi connectivity index (χ2n) is 4.55. The summed E-state index contributed by atoms with van der Waals surface area (Å²) in [5.74, 6) is 2.54. The van der Waals surface area contributed by atoms with E-state index < -0.39 is 0 Å². The molecule has 3 aromatic rings. The maximum absolute atomic E-state index is 4.99. The van der Waals surface area contributed by atoms with Crippen LogP contribution in [0.3, 0.4) is 0 Å². The van der Waals surface area contributed by atoms with Gasteiger partial charge in [-0.2, -0.15) is 4.98 Å². The zero-order valence-corrected chi connectivity index (χ0v) is 11.6. The smallest absolute Gasteiger partial charge is 0.230 e. The van der Waals surface area contributed by atoms with E-state index in [1.54, 1.807) is 12.3 Å². The van der Waals surface area contributed by atoms with Crippen molar-refractivity contribution in [2.75, 3.05) is 10.6 Å². The van der Waals surface area contributed by atoms with Crippen LogP contribution in [0.15, 0.2) is 53.2 Å². The molecule has 6 nitrogen and oxygen atoms in total. The van der Waals surface area contributed by atoms with Crippen molar-refractivity contribution in [3.8, 4) is 0 Å². The minimum atomic E-state index is 0.473. The molecule has 2 heterocycles. The normalized spacial score (nSPS) is 10.3. The molecule has 2 aromatic heterocycles. The zero-order valence-electron chi connectivity index (χ0n) is 11.6. The molecule has 21 heavy (non-hydrogen) atoms. The Hall–Kier alpha value is -2.89. The summed E-state index contributed by atoms with van der Waals surface area (Å²) in [5, 5.41) is 10.1. The van der Waals surface area contributed by atoms with Crippen LogP contribution in [0.25, 0.3) is 0 Å². The molecule has 0 saturated heterocycles. The molecule has 0 aliphatic heterocycles. The summed E-state index contributed by atoms with van der Waals surface area (Å²) in [4.78, 5) is 8.53. The van der Waals surface area contributed by atoms with Gasteiger partial charge in [0.1, 0.15) is 11.6 Å². The highest BCUT2D eigenvalue weighted by Gasteiger charge is 2.03. The van der Waals surface area contributed by atoms with E-state index in [-0.39, 0.29) is 0 Å². The first-order valence-corrected chi connectivity index (χ1v) is 6.61. The van der Waals surface area contributed by atoms with Gasteiger partial charge in [0.25, 0.3) is 0 Å². The molecule has 6 heteroatoms. The van der Waals surface area contributed by atoms with Crippen LogP contribution in [0.5, 0.6) is 0 Å². The molecular weight excluding hydrogens is 266 g/mol. The second-order valence-corrected chi connectivity index (χ2v) is 4.55. The number of nitrogens with one attached hydrogen (secondary N) is 2. The lowest BCUT2D eigenvalue weighted by molar-refractivity contribution is 0.400. The SMILES string of the molecule is Cc1cc(Nc2nccc(NCc3ccccc3)n2)no1. The average Bonchev–Trinajstić information content (AvgIpc) is 2.92. The zero-order chi connectivity index (χ0) is 14.5. The van der Waals surface area contributed by atoms with Gasteiger partial charge >= 0.3 is 0 Å². The molecule has 0 aliphatic carbocycles. The summed E-state index contributed by atoms with van der Waals surface area (Å²) in [6, 6.07) is 13.7. The van der Waals surface area contributed by atoms with Gasteiger partial charge in [0, 0.05) is 18.8 Å². The topological polar surface area (TPSA) is 75.9 Å². The predicted molar refractivity (Wildman–Crippen MR) is 80.3 cm³/mol. The van der Waals surface area contributed by atoms with Crippen molar-refractivity contribution in [1.82, 2.24) is 15.1 Å². The Morgan fingerprint density at radius 2 is 1.95 bits per heavy atom. The molecule has 106 valence electrons. The number of rotatable bonds is 5. The third-order valence-corrected chi connectivity index (χ3v) is 2.84. The molecule has 0 amide bonds. The van der Waals surface area contributed by atoms with Crippen LogP contribution in [-0.4, -0.2) is 15.1 Å². The summed E-state index contributed by atoms with van der Waals surface area (Å²) < 4.78 is 4.99. The number of anilines is 3. The van der Waals surface area contributed by atoms with Crippen molar-refractivity contribution in [3.63, 3.8) is 0 Å². The predicted octanol–water partition coefficient (Wildman–Crippen LogP) is 3.13. The molecule has 0 fully saturated rings. The van der Waals surface area contributed by atoms with Crippen LogP contribution in [0.2, 0.25) is 0 Å². The summed E-state index contributed by atoms with van der Waals surface area (Å²) in [6.45, 7) is 2.54. The van der Waals surface area contributed by atoms with Crippen molar-refractivity contribution >= 4 is 17.6 Å². The first kappa shape index (κ1) is 13.1. The van der Waals surface area contributed by atoms with Crippen LogP contribution < -0.4 is 10.6 Å². The van der Waals surface area contributed by atoms with Crippen LogP contribution in [0.4, 0.5) is 17.6 Å². The van der Waals surface area contributed by atoms with E-state index in [2.05, 4.69) is 37.9 Å². The highest BCUT2D eigenvalue weighted by Crippen LogP contribution is 2.14. The Balaban J connectivity index is 1.65. The van der Waals surface area contributed by atoms with Crippen LogP contribution in [-0.2, 0) is 6.54 Å². The maximum atomic E-state index is 4.99. The number of hydrogen-bond donors (Lipinski definition) is 2. The highest BCUT2D eigenvalue weighted by molar-refractivity contribution is 5.49. The lowest BCUT2D eigenvalue weighted by Gasteiger charge is -2.07. The molecule has 1 aromatic carbocycles. The van der Waals surface area contributed by atoms with Gasteiger partial charge in [-0.3, -0.25) is 0 Å². The average molecular weight is 281 g/mol. The first-order chi connectivity index (χ1) is 10.3. The van der Waals surface area contributed by atoms with E-state index >= 15 is 0 Å². The van der Waals surface area contributed by atoms with Crippen molar-refractivity contribution in [2.45, 2.75) is 13.5 Å². The summed E-state index contributed by atoms with van der Waals surface area (Å²) in [7, 11) is 0. The number of aromatic nitrogens is 3. The van der Waals surface area contributed by atoms with Gasteiger partial charge in [-0.1, -0.05) is 35.5 Å². The summed E-state index contributed by atoms with van der Waals surface area (Å²) in [5.41, 5.74) is 1.19. The van der Waals surface area contributed by atoms with Crippen molar-refractivity contribution in [1.29, 1.82) is 0 Å². The number of nitrogens with zero attached hydrogens (tertiary/aromatic N) is 3. The third kappa shape index (κ3) is 3.56. The van der Waals surface area contributed by atoms with Crippen molar-refractivity contribution in [2.24, 2.45) is 0 Å². The molecule has 0 bridgehead atoms. The number of hydrogen-bond acceptors (Lipinski definition) is 6. The summed E-state index contributed by atoms with van der Waals surface area (Å²) in [6.07, 6.45) is 1.69. The molecule has 0 spiro atoms. The molecule has 0 radical (unpaired) electrons. The van der Waals surface area contributed by atoms with Crippen LogP contribution in [0, 0.1) is 6.92 Å². The van der Waals surface area contributed by atoms with Crippen LogP contribution in [0.1, 0.15) is 11.3 Å². The Morgan fingerprint density at radius 3 is 2.71 bits per heavy atom. The standard InChI is InChI=1S/C15H15N5O/c1-11-9-14(20-21-11)19-15-16-8-7-13(18-15)17-10-12-5-3-2-4-6-12/h2-9H,10H2,1H3,(H2,16,17,18,19,20). The van der Waals surface area contributed by atoms with E-state index in [0.29, 0.717) is 18.3 Å². The van der Waals surface area contributed by atoms with Gasteiger partial charge in [-0.25, -0.2) is 4.98 Å². The lowest BCUT2D eigenvalue weighted by Crippen LogP contribution is -2.04. The van der Waals surface area contributed by atoms with E-state index in [1.165, 1.54) is 5.56 Å². The molecule has 0 aliphatic rings. The molecule has 0 saturated carbocycles. The maximum Gasteiger partial charge on any atom is 0.230 e. The van der Waals surface area contributed by atoms with Gasteiger partial charge in [0.05, 0.1) is 0 Å². The largest absolute Gasteiger partial charge is 0.366 e. The Bertz CT molecular complexity index is 711. The van der Waals surface area contributed by atoms with Crippen molar-refractivity contribution < 1.29 is 4.52 Å². The molecule has 0 unspecified atom stereocenters. The Labute approximate surface area is 122 Å². The minimum absolute atomic E-state index is 0.473. The first-order valence-electron chi connectivity index (χ1n) is 6.61. The quantitative estimate of drug-likeness (QED) is 0.748. The van der Waals surface area contributed by atoms with Gasteiger partial charge < -0.3 is 15.2 Å². The Kier molecular flexibility index (Phi) is 3.77. The number of aryl methyl sites for hydroxylation is 1. The Morgan fingerprint density at radius 1 is 1.10 bits per heavy atom. The van der Waals surface area contributed by atoms with E-state index in [9.17, 15) is 0 Å². The van der Waals surface area contributed by atoms with Gasteiger partial charge in [-0.15, -0.1) is 0 Å².